The van der Waals surface area contributed by atoms with Gasteiger partial charge in [0.05, 0.1) is 12.7 Å². The van der Waals surface area contributed by atoms with E-state index in [4.69, 9.17) is 9.47 Å². The van der Waals surface area contributed by atoms with Crippen LogP contribution in [0, 0.1) is 5.41 Å². The molecule has 0 amide bonds. The minimum Gasteiger partial charge on any atom is -0.497 e. The van der Waals surface area contributed by atoms with E-state index in [0.29, 0.717) is 23.3 Å². The normalized spacial score (nSPS) is 23.9. The second-order valence-electron chi connectivity index (χ2n) is 9.87. The summed E-state index contributed by atoms with van der Waals surface area (Å²) in [5.74, 6) is 0.0569. The van der Waals surface area contributed by atoms with Gasteiger partial charge in [0, 0.05) is 29.3 Å². The summed E-state index contributed by atoms with van der Waals surface area (Å²) in [6.45, 7) is 6.14. The largest absolute Gasteiger partial charge is 0.497 e. The van der Waals surface area contributed by atoms with E-state index < -0.39 is 5.92 Å². The van der Waals surface area contributed by atoms with Gasteiger partial charge in [-0.3, -0.25) is 4.79 Å². The molecular formula is C26H33NO4. The van der Waals surface area contributed by atoms with E-state index in [9.17, 15) is 9.59 Å². The van der Waals surface area contributed by atoms with E-state index in [-0.39, 0.29) is 23.3 Å². The van der Waals surface area contributed by atoms with E-state index in [1.807, 2.05) is 31.2 Å². The summed E-state index contributed by atoms with van der Waals surface area (Å²) in [5.41, 5.74) is 3.73. The molecule has 0 bridgehead atoms. The minimum atomic E-state index is -0.439. The van der Waals surface area contributed by atoms with Crippen molar-refractivity contribution in [2.45, 2.75) is 77.7 Å². The molecule has 5 nitrogen and oxygen atoms in total. The fourth-order valence-electron chi connectivity index (χ4n) is 5.26. The molecule has 0 saturated heterocycles. The molecule has 3 aliphatic rings. The van der Waals surface area contributed by atoms with E-state index in [0.717, 1.165) is 49.1 Å². The van der Waals surface area contributed by atoms with Gasteiger partial charge in [0.15, 0.2) is 5.78 Å². The van der Waals surface area contributed by atoms with E-state index in [2.05, 4.69) is 19.2 Å². The molecule has 1 aromatic rings. The first-order valence-electron chi connectivity index (χ1n) is 11.4. The average molecular weight is 424 g/mol. The number of rotatable bonds is 4. The van der Waals surface area contributed by atoms with Crippen LogP contribution in [0.1, 0.15) is 77.2 Å². The van der Waals surface area contributed by atoms with Crippen molar-refractivity contribution in [1.82, 2.24) is 5.32 Å². The van der Waals surface area contributed by atoms with Crippen molar-refractivity contribution in [3.8, 4) is 5.75 Å². The molecule has 0 radical (unpaired) electrons. The quantitative estimate of drug-likeness (QED) is 0.677. The zero-order chi connectivity index (χ0) is 22.2. The number of hydrogen-bond donors (Lipinski definition) is 1. The molecular weight excluding hydrogens is 390 g/mol. The molecule has 0 spiro atoms. The lowest BCUT2D eigenvalue weighted by atomic mass is 9.68. The Hall–Kier alpha value is -2.56. The predicted octanol–water partition coefficient (Wildman–Crippen LogP) is 5.18. The molecule has 0 unspecified atom stereocenters. The molecule has 1 heterocycles. The summed E-state index contributed by atoms with van der Waals surface area (Å²) in [4.78, 5) is 26.8. The Bertz CT molecular complexity index is 950. The van der Waals surface area contributed by atoms with Crippen LogP contribution in [0.3, 0.4) is 0 Å². The molecule has 1 aromatic carbocycles. The van der Waals surface area contributed by atoms with Crippen LogP contribution in [-0.4, -0.2) is 25.0 Å². The van der Waals surface area contributed by atoms with Gasteiger partial charge in [0.2, 0.25) is 0 Å². The zero-order valence-corrected chi connectivity index (χ0v) is 19.0. The highest BCUT2D eigenvalue weighted by Gasteiger charge is 2.43. The third-order valence-electron chi connectivity index (χ3n) is 6.71. The summed E-state index contributed by atoms with van der Waals surface area (Å²) in [5, 5.41) is 3.41. The number of benzene rings is 1. The molecule has 0 aromatic heterocycles. The van der Waals surface area contributed by atoms with Crippen LogP contribution in [-0.2, 0) is 14.3 Å². The van der Waals surface area contributed by atoms with Gasteiger partial charge in [-0.1, -0.05) is 32.4 Å². The Morgan fingerprint density at radius 2 is 1.87 bits per heavy atom. The van der Waals surface area contributed by atoms with Gasteiger partial charge in [-0.15, -0.1) is 0 Å². The predicted molar refractivity (Wildman–Crippen MR) is 120 cm³/mol. The molecule has 4 rings (SSSR count). The maximum Gasteiger partial charge on any atom is 0.337 e. The molecule has 1 N–H and O–H groups in total. The molecule has 166 valence electrons. The van der Waals surface area contributed by atoms with Crippen LogP contribution in [0.25, 0.3) is 0 Å². The summed E-state index contributed by atoms with van der Waals surface area (Å²) in [6.07, 6.45) is 6.42. The van der Waals surface area contributed by atoms with Crippen LogP contribution >= 0.6 is 0 Å². The summed E-state index contributed by atoms with van der Waals surface area (Å²) >= 11 is 0. The number of nitrogens with one attached hydrogen (secondary N) is 1. The summed E-state index contributed by atoms with van der Waals surface area (Å²) < 4.78 is 11.4. The molecule has 1 saturated carbocycles. The second-order valence-corrected chi connectivity index (χ2v) is 9.87. The first-order chi connectivity index (χ1) is 14.8. The SMILES string of the molecule is COc1cccc([C@H]2C(C(=O)OC3CCCCC3)=C(C)NC3=C2C(=O)CC(C)(C)C3)c1. The number of Topliss-reactive ketones (excluding diaryl/α,β-unsaturated/α-hetero) is 1. The third kappa shape index (κ3) is 4.41. The Balaban J connectivity index is 1.77. The smallest absolute Gasteiger partial charge is 0.337 e. The molecule has 1 aliphatic heterocycles. The average Bonchev–Trinajstić information content (AvgIpc) is 2.72. The molecule has 2 aliphatic carbocycles. The van der Waals surface area contributed by atoms with Crippen molar-refractivity contribution in [3.05, 3.63) is 52.4 Å². The zero-order valence-electron chi connectivity index (χ0n) is 19.0. The number of allylic oxidation sites excluding steroid dienone is 3. The van der Waals surface area contributed by atoms with Crippen molar-refractivity contribution < 1.29 is 19.1 Å². The Morgan fingerprint density at radius 1 is 1.13 bits per heavy atom. The van der Waals surface area contributed by atoms with Gasteiger partial charge >= 0.3 is 5.97 Å². The topological polar surface area (TPSA) is 64.6 Å². The monoisotopic (exact) mass is 423 g/mol. The number of carbonyl (C=O) groups is 2. The van der Waals surface area contributed by atoms with E-state index in [1.54, 1.807) is 7.11 Å². The fourth-order valence-corrected chi connectivity index (χ4v) is 5.26. The van der Waals surface area contributed by atoms with Gasteiger partial charge in [-0.25, -0.2) is 4.79 Å². The van der Waals surface area contributed by atoms with Crippen LogP contribution in [0.2, 0.25) is 0 Å². The number of methoxy groups -OCH3 is 1. The van der Waals surface area contributed by atoms with Crippen LogP contribution in [0.4, 0.5) is 0 Å². The summed E-state index contributed by atoms with van der Waals surface area (Å²) in [7, 11) is 1.62. The number of hydrogen-bond acceptors (Lipinski definition) is 5. The van der Waals surface area contributed by atoms with Crippen molar-refractivity contribution >= 4 is 11.8 Å². The van der Waals surface area contributed by atoms with Crippen molar-refractivity contribution in [2.75, 3.05) is 7.11 Å². The number of dihydropyridines is 1. The third-order valence-corrected chi connectivity index (χ3v) is 6.71. The number of ketones is 1. The van der Waals surface area contributed by atoms with Gasteiger partial charge in [-0.05, 0) is 62.1 Å². The van der Waals surface area contributed by atoms with Crippen molar-refractivity contribution in [1.29, 1.82) is 0 Å². The standard InChI is InChI=1S/C26H33NO4/c1-16-22(25(29)31-18-10-6-5-7-11-18)23(17-9-8-12-19(13-17)30-4)24-20(27-16)14-26(2,3)15-21(24)28/h8-9,12-13,18,23,27H,5-7,10-11,14-15H2,1-4H3/t23-/m0/s1. The Kier molecular flexibility index (Phi) is 5.96. The second kappa shape index (κ2) is 8.52. The Morgan fingerprint density at radius 3 is 2.58 bits per heavy atom. The Labute approximate surface area is 184 Å². The van der Waals surface area contributed by atoms with Crippen LogP contribution in [0.15, 0.2) is 46.8 Å². The first-order valence-corrected chi connectivity index (χ1v) is 11.4. The number of esters is 1. The molecule has 1 fully saturated rings. The van der Waals surface area contributed by atoms with Gasteiger partial charge in [0.25, 0.3) is 0 Å². The minimum absolute atomic E-state index is 0.0381. The van der Waals surface area contributed by atoms with Crippen molar-refractivity contribution in [3.63, 3.8) is 0 Å². The van der Waals surface area contributed by atoms with Gasteiger partial charge in [-0.2, -0.15) is 0 Å². The highest BCUT2D eigenvalue weighted by atomic mass is 16.5. The lowest BCUT2D eigenvalue weighted by Gasteiger charge is -2.39. The molecule has 31 heavy (non-hydrogen) atoms. The lowest BCUT2D eigenvalue weighted by Crippen LogP contribution is -2.39. The maximum absolute atomic E-state index is 13.4. The molecule has 1 atom stereocenters. The maximum atomic E-state index is 13.4. The highest BCUT2D eigenvalue weighted by molar-refractivity contribution is 6.04. The highest BCUT2D eigenvalue weighted by Crippen LogP contribution is 2.47. The summed E-state index contributed by atoms with van der Waals surface area (Å²) in [6, 6.07) is 7.68. The number of carbonyl (C=O) groups excluding carboxylic acids is 2. The van der Waals surface area contributed by atoms with Gasteiger partial charge in [0.1, 0.15) is 11.9 Å². The number of ether oxygens (including phenoxy) is 2. The van der Waals surface area contributed by atoms with Crippen LogP contribution in [0.5, 0.6) is 5.75 Å². The van der Waals surface area contributed by atoms with Crippen molar-refractivity contribution in [2.24, 2.45) is 5.41 Å². The van der Waals surface area contributed by atoms with Gasteiger partial charge < -0.3 is 14.8 Å². The van der Waals surface area contributed by atoms with E-state index in [1.165, 1.54) is 6.42 Å². The lowest BCUT2D eigenvalue weighted by molar-refractivity contribution is -0.146. The van der Waals surface area contributed by atoms with Crippen LogP contribution < -0.4 is 10.1 Å². The fraction of sp³-hybridized carbons (Fsp3) is 0.538. The first kappa shape index (κ1) is 21.7. The van der Waals surface area contributed by atoms with E-state index >= 15 is 0 Å². The molecule has 5 heteroatoms.